The lowest BCUT2D eigenvalue weighted by Crippen LogP contribution is -2.23. The van der Waals surface area contributed by atoms with Gasteiger partial charge in [0.2, 0.25) is 0 Å². The molecule has 178 valence electrons. The Morgan fingerprint density at radius 2 is 1.69 bits per heavy atom. The van der Waals surface area contributed by atoms with Crippen LogP contribution in [0.5, 0.6) is 0 Å². The molecule has 5 rings (SSSR count). The monoisotopic (exact) mass is 494 g/mol. The van der Waals surface area contributed by atoms with Crippen LogP contribution in [-0.4, -0.2) is 20.4 Å². The fourth-order valence-corrected chi connectivity index (χ4v) is 4.20. The molecule has 2 aromatic carbocycles. The summed E-state index contributed by atoms with van der Waals surface area (Å²) in [7, 11) is 0. The molecule has 0 saturated heterocycles. The molecular formula is C29H23ClN4O2. The van der Waals surface area contributed by atoms with Crippen LogP contribution >= 0.6 is 11.6 Å². The van der Waals surface area contributed by atoms with Crippen LogP contribution in [-0.2, 0) is 19.5 Å². The summed E-state index contributed by atoms with van der Waals surface area (Å²) in [6.07, 6.45) is 7.53. The van der Waals surface area contributed by atoms with Gasteiger partial charge in [-0.05, 0) is 58.8 Å². The number of carbonyl (C=O) groups is 1. The van der Waals surface area contributed by atoms with Gasteiger partial charge in [-0.3, -0.25) is 19.6 Å². The second-order valence-corrected chi connectivity index (χ2v) is 9.03. The van der Waals surface area contributed by atoms with Gasteiger partial charge in [0.15, 0.2) is 0 Å². The fraction of sp³-hybridized carbons (Fsp3) is 0.103. The van der Waals surface area contributed by atoms with Gasteiger partial charge in [0, 0.05) is 41.3 Å². The van der Waals surface area contributed by atoms with Gasteiger partial charge in [0.05, 0.1) is 24.3 Å². The number of carbonyl (C=O) groups excluding carboxylic acids is 1. The van der Waals surface area contributed by atoms with Crippen molar-refractivity contribution >= 4 is 28.3 Å². The molecule has 0 spiro atoms. The Labute approximate surface area is 213 Å². The largest absolute Gasteiger partial charge is 0.346 e. The van der Waals surface area contributed by atoms with Gasteiger partial charge in [-0.25, -0.2) is 0 Å². The number of hydrogen-bond donors (Lipinski definition) is 1. The first-order valence-corrected chi connectivity index (χ1v) is 11.9. The molecule has 0 aliphatic rings. The van der Waals surface area contributed by atoms with Gasteiger partial charge in [0.1, 0.15) is 0 Å². The number of amides is 1. The summed E-state index contributed by atoms with van der Waals surface area (Å²) in [4.78, 5) is 33.4. The van der Waals surface area contributed by atoms with Crippen molar-refractivity contribution in [1.82, 2.24) is 19.9 Å². The van der Waals surface area contributed by atoms with E-state index in [1.807, 2.05) is 60.7 Å². The minimum Gasteiger partial charge on any atom is -0.346 e. The van der Waals surface area contributed by atoms with E-state index in [9.17, 15) is 9.59 Å². The van der Waals surface area contributed by atoms with Crippen LogP contribution in [0.2, 0.25) is 5.02 Å². The first-order chi connectivity index (χ1) is 17.5. The minimum atomic E-state index is -0.207. The van der Waals surface area contributed by atoms with Crippen molar-refractivity contribution in [3.8, 4) is 0 Å². The van der Waals surface area contributed by atoms with Gasteiger partial charge in [-0.1, -0.05) is 48.0 Å². The summed E-state index contributed by atoms with van der Waals surface area (Å²) in [5.41, 5.74) is 4.30. The average molecular weight is 495 g/mol. The standard InChI is InChI=1S/C29H23ClN4O2/c30-26-9-8-23-17-32-27(14-24(23)13-26)18-33-29(36)25-12-22(15-31-16-25)11-20-4-6-21(7-5-20)19-34-10-2-1-3-28(34)35/h1-10,12-17H,11,18-19H2,(H,33,36). The van der Waals surface area contributed by atoms with Gasteiger partial charge in [0.25, 0.3) is 11.5 Å². The van der Waals surface area contributed by atoms with E-state index in [0.717, 1.165) is 33.2 Å². The summed E-state index contributed by atoms with van der Waals surface area (Å²) in [6.45, 7) is 0.827. The molecular weight excluding hydrogens is 472 g/mol. The number of aromatic nitrogens is 3. The van der Waals surface area contributed by atoms with Crippen LogP contribution in [0.15, 0.2) is 102 Å². The maximum atomic E-state index is 12.8. The van der Waals surface area contributed by atoms with E-state index in [1.165, 1.54) is 0 Å². The summed E-state index contributed by atoms with van der Waals surface area (Å²) in [5, 5.41) is 5.55. The SMILES string of the molecule is O=C(NCc1cc2cc(Cl)ccc2cn1)c1cncc(Cc2ccc(Cn3ccccc3=O)cc2)c1. The Morgan fingerprint density at radius 1 is 0.861 bits per heavy atom. The summed E-state index contributed by atoms with van der Waals surface area (Å²) in [6, 6.07) is 22.6. The first kappa shape index (κ1) is 23.5. The molecule has 0 aliphatic carbocycles. The summed E-state index contributed by atoms with van der Waals surface area (Å²) < 4.78 is 1.67. The van der Waals surface area contributed by atoms with Crippen LogP contribution in [0, 0.1) is 0 Å². The number of benzene rings is 2. The van der Waals surface area contributed by atoms with E-state index in [1.54, 1.807) is 41.5 Å². The third-order valence-electron chi connectivity index (χ3n) is 5.91. The van der Waals surface area contributed by atoms with Crippen LogP contribution < -0.4 is 10.9 Å². The van der Waals surface area contributed by atoms with Crippen LogP contribution in [0.4, 0.5) is 0 Å². The lowest BCUT2D eigenvalue weighted by Gasteiger charge is -2.09. The molecule has 0 atom stereocenters. The van der Waals surface area contributed by atoms with E-state index in [4.69, 9.17) is 11.6 Å². The molecule has 5 aromatic rings. The summed E-state index contributed by atoms with van der Waals surface area (Å²) in [5.74, 6) is -0.207. The molecule has 0 fully saturated rings. The number of fused-ring (bicyclic) bond motifs is 1. The first-order valence-electron chi connectivity index (χ1n) is 11.5. The molecule has 3 heterocycles. The average Bonchev–Trinajstić information content (AvgIpc) is 2.89. The Hall–Kier alpha value is -4.29. The number of hydrogen-bond acceptors (Lipinski definition) is 4. The Bertz CT molecular complexity index is 1600. The Morgan fingerprint density at radius 3 is 2.53 bits per heavy atom. The fourth-order valence-electron chi connectivity index (χ4n) is 4.02. The van der Waals surface area contributed by atoms with Crippen molar-refractivity contribution in [3.63, 3.8) is 0 Å². The highest BCUT2D eigenvalue weighted by Crippen LogP contribution is 2.19. The highest BCUT2D eigenvalue weighted by atomic mass is 35.5. The smallest absolute Gasteiger partial charge is 0.253 e. The molecule has 0 bridgehead atoms. The van der Waals surface area contributed by atoms with E-state index < -0.39 is 0 Å². The molecule has 0 saturated carbocycles. The molecule has 0 unspecified atom stereocenters. The van der Waals surface area contributed by atoms with Gasteiger partial charge < -0.3 is 9.88 Å². The second-order valence-electron chi connectivity index (χ2n) is 8.59. The Balaban J connectivity index is 1.22. The molecule has 7 heteroatoms. The van der Waals surface area contributed by atoms with Crippen LogP contribution in [0.3, 0.4) is 0 Å². The van der Waals surface area contributed by atoms with Crippen molar-refractivity contribution in [2.45, 2.75) is 19.5 Å². The van der Waals surface area contributed by atoms with E-state index >= 15 is 0 Å². The van der Waals surface area contributed by atoms with Crippen molar-refractivity contribution in [2.75, 3.05) is 0 Å². The highest BCUT2D eigenvalue weighted by molar-refractivity contribution is 6.31. The van der Waals surface area contributed by atoms with Crippen molar-refractivity contribution in [2.24, 2.45) is 0 Å². The normalized spacial score (nSPS) is 10.9. The summed E-state index contributed by atoms with van der Waals surface area (Å²) >= 11 is 6.09. The third kappa shape index (κ3) is 5.67. The lowest BCUT2D eigenvalue weighted by molar-refractivity contribution is 0.0950. The molecule has 1 amide bonds. The van der Waals surface area contributed by atoms with Gasteiger partial charge >= 0.3 is 0 Å². The zero-order valence-corrected chi connectivity index (χ0v) is 20.2. The number of nitrogens with one attached hydrogen (secondary N) is 1. The molecule has 0 radical (unpaired) electrons. The topological polar surface area (TPSA) is 76.9 Å². The van der Waals surface area contributed by atoms with E-state index in [0.29, 0.717) is 30.1 Å². The third-order valence-corrected chi connectivity index (χ3v) is 6.15. The quantitative estimate of drug-likeness (QED) is 0.345. The molecule has 36 heavy (non-hydrogen) atoms. The zero-order valence-electron chi connectivity index (χ0n) is 19.4. The number of rotatable bonds is 7. The van der Waals surface area contributed by atoms with Gasteiger partial charge in [-0.15, -0.1) is 0 Å². The van der Waals surface area contributed by atoms with Gasteiger partial charge in [-0.2, -0.15) is 0 Å². The predicted molar refractivity (Wildman–Crippen MR) is 141 cm³/mol. The zero-order chi connectivity index (χ0) is 24.9. The van der Waals surface area contributed by atoms with Crippen LogP contribution in [0.25, 0.3) is 10.8 Å². The number of halogens is 1. The second kappa shape index (κ2) is 10.5. The Kier molecular flexibility index (Phi) is 6.87. The highest BCUT2D eigenvalue weighted by Gasteiger charge is 2.09. The van der Waals surface area contributed by atoms with E-state index in [-0.39, 0.29) is 11.5 Å². The maximum Gasteiger partial charge on any atom is 0.253 e. The lowest BCUT2D eigenvalue weighted by atomic mass is 10.0. The molecule has 1 N–H and O–H groups in total. The number of nitrogens with zero attached hydrogens (tertiary/aromatic N) is 3. The van der Waals surface area contributed by atoms with E-state index in [2.05, 4.69) is 15.3 Å². The predicted octanol–water partition coefficient (Wildman–Crippen LogP) is 5.01. The molecule has 3 aromatic heterocycles. The van der Waals surface area contributed by atoms with Crippen LogP contribution in [0.1, 0.15) is 32.7 Å². The molecule has 6 nitrogen and oxygen atoms in total. The molecule has 0 aliphatic heterocycles. The van der Waals surface area contributed by atoms with Crippen molar-refractivity contribution < 1.29 is 4.79 Å². The maximum absolute atomic E-state index is 12.8. The van der Waals surface area contributed by atoms with Crippen molar-refractivity contribution in [3.05, 3.63) is 141 Å². The van der Waals surface area contributed by atoms with Crippen molar-refractivity contribution in [1.29, 1.82) is 0 Å². The number of pyridine rings is 3. The minimum absolute atomic E-state index is 0.0245.